The van der Waals surface area contributed by atoms with E-state index in [0.717, 1.165) is 0 Å². The zero-order chi connectivity index (χ0) is 13.1. The van der Waals surface area contributed by atoms with Gasteiger partial charge in [-0.15, -0.1) is 0 Å². The lowest BCUT2D eigenvalue weighted by Crippen LogP contribution is -2.21. The molecule has 1 rings (SSSR count). The summed E-state index contributed by atoms with van der Waals surface area (Å²) in [4.78, 5) is 12.8. The molecule has 0 unspecified atom stereocenters. The van der Waals surface area contributed by atoms with Crippen molar-refractivity contribution in [1.29, 1.82) is 0 Å². The molecule has 17 heavy (non-hydrogen) atoms. The molecule has 0 fully saturated rings. The maximum Gasteiger partial charge on any atom is 0.264 e. The third-order valence-corrected chi connectivity index (χ3v) is 3.48. The lowest BCUT2D eigenvalue weighted by Gasteiger charge is -2.09. The molecule has 0 bridgehead atoms. The first-order valence-electron chi connectivity index (χ1n) is 4.98. The van der Waals surface area contributed by atoms with Crippen molar-refractivity contribution < 1.29 is 13.2 Å². The largest absolute Gasteiger partial charge is 0.349 e. The quantitative estimate of drug-likeness (QED) is 0.743. The van der Waals surface area contributed by atoms with Gasteiger partial charge in [0, 0.05) is 43.9 Å². The van der Waals surface area contributed by atoms with Crippen molar-refractivity contribution in [1.82, 2.24) is 14.7 Å². The number of hydrogen-bond donors (Lipinski definition) is 0. The molecule has 0 aliphatic rings. The van der Waals surface area contributed by atoms with Crippen molar-refractivity contribution in [3.63, 3.8) is 0 Å². The molecule has 0 aliphatic carbocycles. The molecule has 1 aromatic rings. The Morgan fingerprint density at radius 1 is 1.53 bits per heavy atom. The Balaban J connectivity index is 2.49. The Bertz CT molecular complexity index is 495. The van der Waals surface area contributed by atoms with Gasteiger partial charge in [-0.25, -0.2) is 8.42 Å². The van der Waals surface area contributed by atoms with Crippen LogP contribution in [-0.4, -0.2) is 43.1 Å². The number of carbonyl (C=O) groups is 1. The summed E-state index contributed by atoms with van der Waals surface area (Å²) in [5, 5.41) is 3.85. The van der Waals surface area contributed by atoms with Gasteiger partial charge in [-0.1, -0.05) is 0 Å². The summed E-state index contributed by atoms with van der Waals surface area (Å²) < 4.78 is 23.4. The number of aromatic nitrogens is 2. The van der Waals surface area contributed by atoms with Crippen LogP contribution in [-0.2, 0) is 20.4 Å². The van der Waals surface area contributed by atoms with E-state index in [-0.39, 0.29) is 10.8 Å². The van der Waals surface area contributed by atoms with Crippen LogP contribution < -0.4 is 0 Å². The van der Waals surface area contributed by atoms with Gasteiger partial charge in [-0.2, -0.15) is 5.10 Å². The van der Waals surface area contributed by atoms with Gasteiger partial charge in [0.25, 0.3) is 9.05 Å². The topological polar surface area (TPSA) is 72.3 Å². The maximum atomic E-state index is 11.3. The average molecular weight is 280 g/mol. The molecule has 0 atom stereocenters. The summed E-state index contributed by atoms with van der Waals surface area (Å²) in [5.41, 5.74) is 0. The average Bonchev–Trinajstić information content (AvgIpc) is 2.65. The smallest absolute Gasteiger partial charge is 0.264 e. The number of hydrogen-bond acceptors (Lipinski definition) is 4. The molecule has 0 radical (unpaired) electrons. The minimum absolute atomic E-state index is 0.0295. The predicted molar refractivity (Wildman–Crippen MR) is 63.2 cm³/mol. The molecule has 0 aromatic carbocycles. The monoisotopic (exact) mass is 279 g/mol. The first kappa shape index (κ1) is 14.0. The maximum absolute atomic E-state index is 11.3. The first-order valence-corrected chi connectivity index (χ1v) is 7.29. The van der Waals surface area contributed by atoms with Gasteiger partial charge >= 0.3 is 0 Å². The van der Waals surface area contributed by atoms with Crippen LogP contribution in [0.15, 0.2) is 17.3 Å². The third-order valence-electron chi connectivity index (χ3n) is 2.17. The summed E-state index contributed by atoms with van der Waals surface area (Å²) >= 11 is 0. The Kier molecular flexibility index (Phi) is 4.53. The fourth-order valence-electron chi connectivity index (χ4n) is 1.21. The molecule has 1 aromatic heterocycles. The number of rotatable bonds is 5. The highest BCUT2D eigenvalue weighted by molar-refractivity contribution is 8.13. The molecule has 0 N–H and O–H groups in total. The SMILES string of the molecule is CN(C)C(=O)CCCn1cc(S(=O)(=O)Cl)cn1. The van der Waals surface area contributed by atoms with Crippen LogP contribution in [0.25, 0.3) is 0 Å². The number of aryl methyl sites for hydroxylation is 1. The molecular weight excluding hydrogens is 266 g/mol. The molecule has 0 spiro atoms. The van der Waals surface area contributed by atoms with E-state index in [1.807, 2.05) is 0 Å². The van der Waals surface area contributed by atoms with Gasteiger partial charge in [-0.3, -0.25) is 9.48 Å². The zero-order valence-electron chi connectivity index (χ0n) is 9.63. The minimum atomic E-state index is -3.72. The van der Waals surface area contributed by atoms with Gasteiger partial charge in [-0.05, 0) is 6.42 Å². The van der Waals surface area contributed by atoms with Gasteiger partial charge in [0.1, 0.15) is 4.90 Å². The van der Waals surface area contributed by atoms with Crippen molar-refractivity contribution in [2.24, 2.45) is 0 Å². The van der Waals surface area contributed by atoms with Crippen LogP contribution in [0.5, 0.6) is 0 Å². The molecule has 0 saturated heterocycles. The zero-order valence-corrected chi connectivity index (χ0v) is 11.2. The van der Waals surface area contributed by atoms with Gasteiger partial charge in [0.15, 0.2) is 0 Å². The highest BCUT2D eigenvalue weighted by atomic mass is 35.7. The molecule has 96 valence electrons. The van der Waals surface area contributed by atoms with Crippen molar-refractivity contribution in [3.05, 3.63) is 12.4 Å². The van der Waals surface area contributed by atoms with Crippen molar-refractivity contribution in [2.75, 3.05) is 14.1 Å². The summed E-state index contributed by atoms with van der Waals surface area (Å²) in [7, 11) is 4.81. The molecular formula is C9H14ClN3O3S. The van der Waals surface area contributed by atoms with Crippen molar-refractivity contribution >= 4 is 25.6 Å². The molecule has 1 amide bonds. The van der Waals surface area contributed by atoms with E-state index in [2.05, 4.69) is 5.10 Å². The van der Waals surface area contributed by atoms with Gasteiger partial charge in [0.2, 0.25) is 5.91 Å². The summed E-state index contributed by atoms with van der Waals surface area (Å²) in [5.74, 6) is 0.0299. The van der Waals surface area contributed by atoms with Crippen molar-refractivity contribution in [2.45, 2.75) is 24.3 Å². The molecule has 1 heterocycles. The van der Waals surface area contributed by atoms with Crippen LogP contribution >= 0.6 is 10.7 Å². The normalized spacial score (nSPS) is 11.5. The Morgan fingerprint density at radius 2 is 2.18 bits per heavy atom. The van der Waals surface area contributed by atoms with Crippen LogP contribution in [0.4, 0.5) is 0 Å². The van der Waals surface area contributed by atoms with E-state index in [4.69, 9.17) is 10.7 Å². The summed E-state index contributed by atoms with van der Waals surface area (Å²) in [6, 6.07) is 0. The predicted octanol–water partition coefficient (Wildman–Crippen LogP) is 0.679. The molecule has 8 heteroatoms. The van der Waals surface area contributed by atoms with Gasteiger partial charge < -0.3 is 4.90 Å². The second-order valence-electron chi connectivity index (χ2n) is 3.77. The molecule has 0 saturated carbocycles. The molecule has 6 nitrogen and oxygen atoms in total. The van der Waals surface area contributed by atoms with E-state index in [1.165, 1.54) is 22.0 Å². The second kappa shape index (κ2) is 5.50. The standard InChI is InChI=1S/C9H14ClN3O3S/c1-12(2)9(14)4-3-5-13-7-8(6-11-13)17(10,15)16/h6-7H,3-5H2,1-2H3. The second-order valence-corrected chi connectivity index (χ2v) is 6.33. The van der Waals surface area contributed by atoms with Crippen LogP contribution in [0.3, 0.4) is 0 Å². The summed E-state index contributed by atoms with van der Waals surface area (Å²) in [6.45, 7) is 0.478. The Morgan fingerprint density at radius 3 is 2.65 bits per heavy atom. The highest BCUT2D eigenvalue weighted by Crippen LogP contribution is 2.13. The lowest BCUT2D eigenvalue weighted by atomic mass is 10.3. The number of nitrogens with zero attached hydrogens (tertiary/aromatic N) is 3. The lowest BCUT2D eigenvalue weighted by molar-refractivity contribution is -0.128. The Labute approximate surface area is 105 Å². The number of halogens is 1. The fraction of sp³-hybridized carbons (Fsp3) is 0.556. The molecule has 0 aliphatic heterocycles. The first-order chi connectivity index (χ1) is 7.80. The Hall–Kier alpha value is -1.08. The van der Waals surface area contributed by atoms with Crippen LogP contribution in [0, 0.1) is 0 Å². The minimum Gasteiger partial charge on any atom is -0.349 e. The number of carbonyl (C=O) groups excluding carboxylic acids is 1. The fourth-order valence-corrected chi connectivity index (χ4v) is 1.87. The van der Waals surface area contributed by atoms with Crippen molar-refractivity contribution in [3.8, 4) is 0 Å². The van der Waals surface area contributed by atoms with E-state index >= 15 is 0 Å². The third kappa shape index (κ3) is 4.35. The van der Waals surface area contributed by atoms with Gasteiger partial charge in [0.05, 0.1) is 6.20 Å². The van der Waals surface area contributed by atoms with E-state index in [9.17, 15) is 13.2 Å². The number of amides is 1. The van der Waals surface area contributed by atoms with E-state index in [0.29, 0.717) is 19.4 Å². The van der Waals surface area contributed by atoms with E-state index < -0.39 is 9.05 Å². The van der Waals surface area contributed by atoms with Crippen LogP contribution in [0.2, 0.25) is 0 Å². The summed E-state index contributed by atoms with van der Waals surface area (Å²) in [6.07, 6.45) is 3.54. The van der Waals surface area contributed by atoms with Crippen LogP contribution in [0.1, 0.15) is 12.8 Å². The highest BCUT2D eigenvalue weighted by Gasteiger charge is 2.12. The van der Waals surface area contributed by atoms with E-state index in [1.54, 1.807) is 14.1 Å².